The number of carbonyl (C=O) groups is 1. The molecule has 1 amide bonds. The molecule has 4 nitrogen and oxygen atoms in total. The quantitative estimate of drug-likeness (QED) is 0.706. The SMILES string of the molecule is CCCCN(C)C(=O)c1csc2nc(-c3ccc(F)cc3)cn12. The number of aromatic nitrogens is 2. The predicted octanol–water partition coefficient (Wildman–Crippen LogP) is 4.07. The van der Waals surface area contributed by atoms with Crippen LogP contribution in [0.4, 0.5) is 4.39 Å². The van der Waals surface area contributed by atoms with Crippen LogP contribution in [0.25, 0.3) is 16.2 Å². The minimum absolute atomic E-state index is 0.00671. The van der Waals surface area contributed by atoms with Gasteiger partial charge in [-0.15, -0.1) is 11.3 Å². The van der Waals surface area contributed by atoms with E-state index in [2.05, 4.69) is 11.9 Å². The van der Waals surface area contributed by atoms with Gasteiger partial charge in [0.15, 0.2) is 4.96 Å². The third-order valence-corrected chi connectivity index (χ3v) is 4.60. The largest absolute Gasteiger partial charge is 0.340 e. The molecule has 2 aromatic heterocycles. The molecule has 0 N–H and O–H groups in total. The van der Waals surface area contributed by atoms with E-state index in [0.29, 0.717) is 5.69 Å². The Morgan fingerprint density at radius 3 is 2.78 bits per heavy atom. The normalized spacial score (nSPS) is 11.1. The van der Waals surface area contributed by atoms with Crippen LogP contribution in [0.1, 0.15) is 30.3 Å². The van der Waals surface area contributed by atoms with Gasteiger partial charge in [0.05, 0.1) is 5.69 Å². The van der Waals surface area contributed by atoms with Crippen LogP contribution in [0.2, 0.25) is 0 Å². The van der Waals surface area contributed by atoms with Gasteiger partial charge in [-0.1, -0.05) is 13.3 Å². The number of halogens is 1. The van der Waals surface area contributed by atoms with Gasteiger partial charge in [-0.25, -0.2) is 9.37 Å². The fraction of sp³-hybridized carbons (Fsp3) is 0.294. The first-order chi connectivity index (χ1) is 11.1. The number of amides is 1. The minimum atomic E-state index is -0.275. The molecular weight excluding hydrogens is 313 g/mol. The number of imidazole rings is 1. The molecular formula is C17H18FN3OS. The number of hydrogen-bond donors (Lipinski definition) is 0. The third-order valence-electron chi connectivity index (χ3n) is 3.76. The van der Waals surface area contributed by atoms with Crippen LogP contribution in [0.15, 0.2) is 35.8 Å². The van der Waals surface area contributed by atoms with Gasteiger partial charge >= 0.3 is 0 Å². The number of rotatable bonds is 5. The molecule has 6 heteroatoms. The molecule has 0 aliphatic rings. The summed E-state index contributed by atoms with van der Waals surface area (Å²) >= 11 is 1.43. The van der Waals surface area contributed by atoms with Gasteiger partial charge in [0.25, 0.3) is 5.91 Å². The van der Waals surface area contributed by atoms with E-state index in [1.54, 1.807) is 17.0 Å². The number of hydrogen-bond acceptors (Lipinski definition) is 3. The Kier molecular flexibility index (Phi) is 4.43. The lowest BCUT2D eigenvalue weighted by atomic mass is 10.2. The number of benzene rings is 1. The maximum Gasteiger partial charge on any atom is 0.271 e. The van der Waals surface area contributed by atoms with Gasteiger partial charge in [-0.2, -0.15) is 0 Å². The zero-order chi connectivity index (χ0) is 16.4. The fourth-order valence-corrected chi connectivity index (χ4v) is 3.24. The Morgan fingerprint density at radius 1 is 1.35 bits per heavy atom. The molecule has 3 aromatic rings. The average Bonchev–Trinajstić information content (AvgIpc) is 3.13. The van der Waals surface area contributed by atoms with Gasteiger partial charge in [0.1, 0.15) is 11.5 Å². The number of nitrogens with zero attached hydrogens (tertiary/aromatic N) is 3. The lowest BCUT2D eigenvalue weighted by Gasteiger charge is -2.15. The summed E-state index contributed by atoms with van der Waals surface area (Å²) in [5.41, 5.74) is 2.19. The predicted molar refractivity (Wildman–Crippen MR) is 90.3 cm³/mol. The van der Waals surface area contributed by atoms with E-state index in [0.717, 1.165) is 35.6 Å². The Balaban J connectivity index is 1.91. The fourth-order valence-electron chi connectivity index (χ4n) is 2.39. The molecule has 0 radical (unpaired) electrons. The van der Waals surface area contributed by atoms with Crippen molar-refractivity contribution in [2.75, 3.05) is 13.6 Å². The first kappa shape index (κ1) is 15.7. The number of unbranched alkanes of at least 4 members (excludes halogenated alkanes) is 1. The lowest BCUT2D eigenvalue weighted by molar-refractivity contribution is 0.0787. The van der Waals surface area contributed by atoms with Crippen molar-refractivity contribution < 1.29 is 9.18 Å². The Labute approximate surface area is 138 Å². The molecule has 0 atom stereocenters. The van der Waals surface area contributed by atoms with E-state index < -0.39 is 0 Å². The first-order valence-corrected chi connectivity index (χ1v) is 8.46. The van der Waals surface area contributed by atoms with Gasteiger partial charge in [0.2, 0.25) is 0 Å². The standard InChI is InChI=1S/C17H18FN3OS/c1-3-4-9-20(2)16(22)15-11-23-17-19-14(10-21(15)17)12-5-7-13(18)8-6-12/h5-8,10-11H,3-4,9H2,1-2H3. The first-order valence-electron chi connectivity index (χ1n) is 7.58. The van der Waals surface area contributed by atoms with Crippen LogP contribution < -0.4 is 0 Å². The molecule has 0 saturated carbocycles. The topological polar surface area (TPSA) is 37.6 Å². The van der Waals surface area contributed by atoms with Gasteiger partial charge < -0.3 is 4.90 Å². The van der Waals surface area contributed by atoms with Crippen LogP contribution in [-0.2, 0) is 0 Å². The van der Waals surface area contributed by atoms with Crippen LogP contribution in [0, 0.1) is 5.82 Å². The van der Waals surface area contributed by atoms with Gasteiger partial charge in [-0.3, -0.25) is 9.20 Å². The van der Waals surface area contributed by atoms with E-state index >= 15 is 0 Å². The van der Waals surface area contributed by atoms with Crippen molar-refractivity contribution in [1.82, 2.24) is 14.3 Å². The average molecular weight is 331 g/mol. The Hall–Kier alpha value is -2.21. The van der Waals surface area contributed by atoms with Gasteiger partial charge in [0, 0.05) is 30.7 Å². The minimum Gasteiger partial charge on any atom is -0.340 e. The highest BCUT2D eigenvalue weighted by Crippen LogP contribution is 2.24. The summed E-state index contributed by atoms with van der Waals surface area (Å²) in [6.45, 7) is 2.85. The summed E-state index contributed by atoms with van der Waals surface area (Å²) in [7, 11) is 1.82. The highest BCUT2D eigenvalue weighted by Gasteiger charge is 2.18. The summed E-state index contributed by atoms with van der Waals surface area (Å²) in [4.78, 5) is 19.6. The van der Waals surface area contributed by atoms with Crippen molar-refractivity contribution in [3.63, 3.8) is 0 Å². The van der Waals surface area contributed by atoms with E-state index in [-0.39, 0.29) is 11.7 Å². The maximum absolute atomic E-state index is 13.0. The van der Waals surface area contributed by atoms with Crippen molar-refractivity contribution in [2.24, 2.45) is 0 Å². The van der Waals surface area contributed by atoms with Crippen molar-refractivity contribution in [3.05, 3.63) is 47.4 Å². The molecule has 0 spiro atoms. The van der Waals surface area contributed by atoms with E-state index in [9.17, 15) is 9.18 Å². The number of thiazole rings is 1. The zero-order valence-corrected chi connectivity index (χ0v) is 13.9. The highest BCUT2D eigenvalue weighted by atomic mass is 32.1. The maximum atomic E-state index is 13.0. The smallest absolute Gasteiger partial charge is 0.271 e. The molecule has 3 rings (SSSR count). The van der Waals surface area contributed by atoms with Crippen LogP contribution >= 0.6 is 11.3 Å². The zero-order valence-electron chi connectivity index (χ0n) is 13.1. The van der Waals surface area contributed by atoms with Crippen LogP contribution in [0.3, 0.4) is 0 Å². The molecule has 2 heterocycles. The summed E-state index contributed by atoms with van der Waals surface area (Å²) in [5.74, 6) is -0.282. The molecule has 1 aromatic carbocycles. The van der Waals surface area contributed by atoms with E-state index in [4.69, 9.17) is 0 Å². The van der Waals surface area contributed by atoms with Crippen molar-refractivity contribution in [3.8, 4) is 11.3 Å². The summed E-state index contributed by atoms with van der Waals surface area (Å²) < 4.78 is 14.8. The highest BCUT2D eigenvalue weighted by molar-refractivity contribution is 7.15. The van der Waals surface area contributed by atoms with E-state index in [1.807, 2.05) is 23.0 Å². The van der Waals surface area contributed by atoms with Crippen molar-refractivity contribution in [1.29, 1.82) is 0 Å². The number of carbonyl (C=O) groups excluding carboxylic acids is 1. The second-order valence-corrected chi connectivity index (χ2v) is 6.32. The van der Waals surface area contributed by atoms with E-state index in [1.165, 1.54) is 23.5 Å². The van der Waals surface area contributed by atoms with Crippen LogP contribution in [-0.4, -0.2) is 33.8 Å². The molecule has 0 bridgehead atoms. The summed E-state index contributed by atoms with van der Waals surface area (Å²) in [5, 5.41) is 1.83. The molecule has 0 aliphatic heterocycles. The van der Waals surface area contributed by atoms with Gasteiger partial charge in [-0.05, 0) is 30.7 Å². The van der Waals surface area contributed by atoms with Crippen molar-refractivity contribution in [2.45, 2.75) is 19.8 Å². The molecule has 0 saturated heterocycles. The lowest BCUT2D eigenvalue weighted by Crippen LogP contribution is -2.28. The molecule has 0 fully saturated rings. The van der Waals surface area contributed by atoms with Crippen molar-refractivity contribution >= 4 is 22.2 Å². The molecule has 120 valence electrons. The summed E-state index contributed by atoms with van der Waals surface area (Å²) in [6, 6.07) is 6.20. The monoisotopic (exact) mass is 331 g/mol. The molecule has 0 unspecified atom stereocenters. The second-order valence-electron chi connectivity index (χ2n) is 5.49. The third kappa shape index (κ3) is 3.12. The van der Waals surface area contributed by atoms with Crippen LogP contribution in [0.5, 0.6) is 0 Å². The molecule has 23 heavy (non-hydrogen) atoms. The second kappa shape index (κ2) is 6.50. The number of fused-ring (bicyclic) bond motifs is 1. The Morgan fingerprint density at radius 2 is 2.09 bits per heavy atom. The summed E-state index contributed by atoms with van der Waals surface area (Å²) in [6.07, 6.45) is 3.87. The Bertz CT molecular complexity index is 822. The molecule has 0 aliphatic carbocycles.